The van der Waals surface area contributed by atoms with E-state index in [9.17, 15) is 0 Å². The molecule has 116 valence electrons. The Morgan fingerprint density at radius 3 is 2.82 bits per heavy atom. The molecular weight excluding hydrogens is 272 g/mol. The Bertz CT molecular complexity index is 753. The maximum Gasteiger partial charge on any atom is 0.0522 e. The molecular formula is C18H24N4. The predicted octanol–water partition coefficient (Wildman–Crippen LogP) is 3.07. The largest absolute Gasteiger partial charge is 0.348 e. The minimum Gasteiger partial charge on any atom is -0.348 e. The highest BCUT2D eigenvalue weighted by molar-refractivity contribution is 5.83. The van der Waals surface area contributed by atoms with Gasteiger partial charge in [0.2, 0.25) is 0 Å². The van der Waals surface area contributed by atoms with E-state index in [2.05, 4.69) is 65.2 Å². The second-order valence-electron chi connectivity index (χ2n) is 5.96. The summed E-state index contributed by atoms with van der Waals surface area (Å²) in [5.41, 5.74) is 4.03. The lowest BCUT2D eigenvalue weighted by Gasteiger charge is -2.17. The molecule has 22 heavy (non-hydrogen) atoms. The Morgan fingerprint density at radius 2 is 2.09 bits per heavy atom. The van der Waals surface area contributed by atoms with Gasteiger partial charge in [0, 0.05) is 50.0 Å². The molecule has 0 aliphatic rings. The van der Waals surface area contributed by atoms with Crippen LogP contribution in [0.3, 0.4) is 0 Å². The van der Waals surface area contributed by atoms with Crippen LogP contribution in [0.1, 0.15) is 18.1 Å². The standard InChI is InChI=1S/C18H24N4/c1-4-22-11-9-17-16(6-5-7-18(17)22)14-20(2)10-8-15-12-19-21(3)13-15/h5-7,9,11-13H,4,8,10,14H2,1-3H3. The molecule has 1 aromatic carbocycles. The molecule has 0 saturated carbocycles. The van der Waals surface area contributed by atoms with E-state index >= 15 is 0 Å². The summed E-state index contributed by atoms with van der Waals surface area (Å²) in [6, 6.07) is 8.85. The topological polar surface area (TPSA) is 26.0 Å². The van der Waals surface area contributed by atoms with E-state index in [0.29, 0.717) is 0 Å². The second kappa shape index (κ2) is 6.36. The third-order valence-electron chi connectivity index (χ3n) is 4.23. The van der Waals surface area contributed by atoms with Crippen molar-refractivity contribution in [3.63, 3.8) is 0 Å². The smallest absolute Gasteiger partial charge is 0.0522 e. The average Bonchev–Trinajstić information content (AvgIpc) is 3.11. The quantitative estimate of drug-likeness (QED) is 0.699. The maximum atomic E-state index is 4.23. The van der Waals surface area contributed by atoms with Crippen molar-refractivity contribution in [3.8, 4) is 0 Å². The Balaban J connectivity index is 1.68. The van der Waals surface area contributed by atoms with Gasteiger partial charge in [0.05, 0.1) is 6.20 Å². The van der Waals surface area contributed by atoms with Gasteiger partial charge in [-0.05, 0) is 43.7 Å². The fraction of sp³-hybridized carbons (Fsp3) is 0.389. The van der Waals surface area contributed by atoms with Gasteiger partial charge in [0.15, 0.2) is 0 Å². The molecule has 0 atom stereocenters. The van der Waals surface area contributed by atoms with E-state index in [1.165, 1.54) is 22.0 Å². The molecule has 0 unspecified atom stereocenters. The highest BCUT2D eigenvalue weighted by Crippen LogP contribution is 2.21. The van der Waals surface area contributed by atoms with Gasteiger partial charge in [-0.25, -0.2) is 0 Å². The van der Waals surface area contributed by atoms with E-state index in [-0.39, 0.29) is 0 Å². The summed E-state index contributed by atoms with van der Waals surface area (Å²) in [6.07, 6.45) is 7.27. The lowest BCUT2D eigenvalue weighted by molar-refractivity contribution is 0.332. The Hall–Kier alpha value is -2.07. The molecule has 0 bridgehead atoms. The average molecular weight is 296 g/mol. The summed E-state index contributed by atoms with van der Waals surface area (Å²) in [7, 11) is 4.15. The molecule has 0 saturated heterocycles. The molecule has 0 N–H and O–H groups in total. The number of hydrogen-bond donors (Lipinski definition) is 0. The van der Waals surface area contributed by atoms with E-state index in [4.69, 9.17) is 0 Å². The second-order valence-corrected chi connectivity index (χ2v) is 5.96. The van der Waals surface area contributed by atoms with Crippen LogP contribution in [0, 0.1) is 0 Å². The summed E-state index contributed by atoms with van der Waals surface area (Å²) < 4.78 is 4.16. The van der Waals surface area contributed by atoms with Crippen molar-refractivity contribution in [2.45, 2.75) is 26.4 Å². The van der Waals surface area contributed by atoms with E-state index in [1.807, 2.05) is 17.9 Å². The number of likely N-dealkylation sites (N-methyl/N-ethyl adjacent to an activating group) is 1. The Morgan fingerprint density at radius 1 is 1.23 bits per heavy atom. The van der Waals surface area contributed by atoms with Gasteiger partial charge in [-0.3, -0.25) is 4.68 Å². The summed E-state index contributed by atoms with van der Waals surface area (Å²) in [4.78, 5) is 2.38. The first-order valence-corrected chi connectivity index (χ1v) is 7.90. The Kier molecular flexibility index (Phi) is 4.29. The van der Waals surface area contributed by atoms with E-state index in [1.54, 1.807) is 0 Å². The van der Waals surface area contributed by atoms with Gasteiger partial charge in [-0.15, -0.1) is 0 Å². The van der Waals surface area contributed by atoms with Crippen molar-refractivity contribution in [1.82, 2.24) is 19.2 Å². The summed E-state index contributed by atoms with van der Waals surface area (Å²) >= 11 is 0. The Labute approximate surface area is 132 Å². The number of fused-ring (bicyclic) bond motifs is 1. The number of aryl methyl sites for hydroxylation is 2. The van der Waals surface area contributed by atoms with Crippen LogP contribution in [0.4, 0.5) is 0 Å². The van der Waals surface area contributed by atoms with E-state index in [0.717, 1.165) is 26.1 Å². The zero-order valence-electron chi connectivity index (χ0n) is 13.7. The normalized spacial score (nSPS) is 11.6. The van der Waals surface area contributed by atoms with Crippen molar-refractivity contribution in [2.75, 3.05) is 13.6 Å². The summed E-state index contributed by atoms with van der Waals surface area (Å²) in [5, 5.41) is 5.60. The van der Waals surface area contributed by atoms with Gasteiger partial charge >= 0.3 is 0 Å². The molecule has 0 aliphatic carbocycles. The van der Waals surface area contributed by atoms with Crippen LogP contribution in [0.15, 0.2) is 42.9 Å². The summed E-state index contributed by atoms with van der Waals surface area (Å²) in [6.45, 7) is 5.22. The third-order valence-corrected chi connectivity index (χ3v) is 4.23. The number of aromatic nitrogens is 3. The lowest BCUT2D eigenvalue weighted by atomic mass is 10.1. The van der Waals surface area contributed by atoms with Gasteiger partial charge in [-0.2, -0.15) is 5.10 Å². The van der Waals surface area contributed by atoms with Gasteiger partial charge in [-0.1, -0.05) is 12.1 Å². The maximum absolute atomic E-state index is 4.23. The number of hydrogen-bond acceptors (Lipinski definition) is 2. The molecule has 4 heteroatoms. The molecule has 0 radical (unpaired) electrons. The van der Waals surface area contributed by atoms with Crippen LogP contribution in [0.5, 0.6) is 0 Å². The fourth-order valence-corrected chi connectivity index (χ4v) is 2.99. The highest BCUT2D eigenvalue weighted by Gasteiger charge is 2.08. The molecule has 2 heterocycles. The SMILES string of the molecule is CCn1ccc2c(CN(C)CCc3cnn(C)c3)cccc21. The molecule has 0 fully saturated rings. The van der Waals surface area contributed by atoms with Gasteiger partial charge in [0.1, 0.15) is 0 Å². The molecule has 2 aromatic heterocycles. The third kappa shape index (κ3) is 3.07. The van der Waals surface area contributed by atoms with E-state index < -0.39 is 0 Å². The molecule has 3 rings (SSSR count). The van der Waals surface area contributed by atoms with Crippen molar-refractivity contribution in [3.05, 3.63) is 54.0 Å². The van der Waals surface area contributed by atoms with Gasteiger partial charge < -0.3 is 9.47 Å². The number of benzene rings is 1. The molecule has 0 amide bonds. The zero-order valence-corrected chi connectivity index (χ0v) is 13.7. The molecule has 3 aromatic rings. The van der Waals surface area contributed by atoms with Crippen LogP contribution in [-0.2, 0) is 26.6 Å². The predicted molar refractivity (Wildman–Crippen MR) is 90.9 cm³/mol. The van der Waals surface area contributed by atoms with Crippen molar-refractivity contribution in [1.29, 1.82) is 0 Å². The minimum atomic E-state index is 0.978. The van der Waals surface area contributed by atoms with Crippen LogP contribution in [0.25, 0.3) is 10.9 Å². The zero-order chi connectivity index (χ0) is 15.5. The minimum absolute atomic E-state index is 0.978. The number of rotatable bonds is 6. The first-order chi connectivity index (χ1) is 10.7. The van der Waals surface area contributed by atoms with Crippen molar-refractivity contribution < 1.29 is 0 Å². The van der Waals surface area contributed by atoms with Crippen LogP contribution >= 0.6 is 0 Å². The monoisotopic (exact) mass is 296 g/mol. The molecule has 4 nitrogen and oxygen atoms in total. The van der Waals surface area contributed by atoms with Crippen LogP contribution in [0.2, 0.25) is 0 Å². The molecule has 0 spiro atoms. The first kappa shape index (κ1) is 14.9. The van der Waals surface area contributed by atoms with Crippen LogP contribution in [-0.4, -0.2) is 32.8 Å². The van der Waals surface area contributed by atoms with Crippen LogP contribution < -0.4 is 0 Å². The molecule has 0 aliphatic heterocycles. The fourth-order valence-electron chi connectivity index (χ4n) is 2.99. The van der Waals surface area contributed by atoms with Crippen molar-refractivity contribution >= 4 is 10.9 Å². The lowest BCUT2D eigenvalue weighted by Crippen LogP contribution is -2.20. The first-order valence-electron chi connectivity index (χ1n) is 7.90. The summed E-state index contributed by atoms with van der Waals surface area (Å²) in [5.74, 6) is 0. The highest BCUT2D eigenvalue weighted by atomic mass is 15.2. The van der Waals surface area contributed by atoms with Gasteiger partial charge in [0.25, 0.3) is 0 Å². The van der Waals surface area contributed by atoms with Crippen molar-refractivity contribution in [2.24, 2.45) is 7.05 Å². The number of nitrogens with zero attached hydrogens (tertiary/aromatic N) is 4.